The van der Waals surface area contributed by atoms with Gasteiger partial charge in [0.25, 0.3) is 5.91 Å². The number of nitrogens with one attached hydrogen (secondary N) is 1. The summed E-state index contributed by atoms with van der Waals surface area (Å²) in [5, 5.41) is 3.60. The average Bonchev–Trinajstić information content (AvgIpc) is 2.61. The lowest BCUT2D eigenvalue weighted by Gasteiger charge is -2.36. The van der Waals surface area contributed by atoms with E-state index in [-0.39, 0.29) is 16.5 Å². The topological polar surface area (TPSA) is 61.4 Å². The van der Waals surface area contributed by atoms with Gasteiger partial charge in [-0.25, -0.2) is 14.4 Å². The molecule has 1 fully saturated rings. The summed E-state index contributed by atoms with van der Waals surface area (Å²) in [5.41, 5.74) is 0.673. The molecule has 0 spiro atoms. The predicted octanol–water partition coefficient (Wildman–Crippen LogP) is 2.93. The molecule has 0 radical (unpaired) electrons. The van der Waals surface area contributed by atoms with Crippen LogP contribution in [0.4, 0.5) is 15.9 Å². The Morgan fingerprint density at radius 1 is 1.20 bits per heavy atom. The van der Waals surface area contributed by atoms with Gasteiger partial charge in [-0.15, -0.1) is 0 Å². The number of benzene rings is 1. The monoisotopic (exact) mass is 383 g/mol. The Labute approximate surface area is 154 Å². The van der Waals surface area contributed by atoms with Crippen molar-refractivity contribution in [1.29, 1.82) is 0 Å². The van der Waals surface area contributed by atoms with Crippen LogP contribution in [0.25, 0.3) is 0 Å². The zero-order chi connectivity index (χ0) is 18.0. The molecule has 9 heteroatoms. The van der Waals surface area contributed by atoms with Crippen LogP contribution in [0.1, 0.15) is 10.4 Å². The Bertz CT molecular complexity index is 796. The normalized spacial score (nSPS) is 14.6. The van der Waals surface area contributed by atoms with Crippen molar-refractivity contribution in [3.8, 4) is 0 Å². The highest BCUT2D eigenvalue weighted by atomic mass is 35.5. The lowest BCUT2D eigenvalue weighted by atomic mass is 10.1. The van der Waals surface area contributed by atoms with Gasteiger partial charge >= 0.3 is 0 Å². The summed E-state index contributed by atoms with van der Waals surface area (Å²) in [6.45, 7) is 2.02. The van der Waals surface area contributed by atoms with Gasteiger partial charge in [0.1, 0.15) is 17.8 Å². The molecular formula is C16H16Cl2FN5O. The van der Waals surface area contributed by atoms with E-state index in [1.54, 1.807) is 11.9 Å². The Morgan fingerprint density at radius 3 is 2.56 bits per heavy atom. The number of nitrogens with zero attached hydrogens (tertiary/aromatic N) is 4. The number of anilines is 2. The van der Waals surface area contributed by atoms with Crippen molar-refractivity contribution < 1.29 is 9.18 Å². The average molecular weight is 384 g/mol. The van der Waals surface area contributed by atoms with Crippen molar-refractivity contribution in [2.45, 2.75) is 0 Å². The molecule has 1 saturated heterocycles. The minimum atomic E-state index is -0.611. The molecule has 0 atom stereocenters. The molecule has 2 heterocycles. The maximum absolute atomic E-state index is 14.0. The van der Waals surface area contributed by atoms with Crippen LogP contribution in [0.15, 0.2) is 24.5 Å². The van der Waals surface area contributed by atoms with E-state index in [0.29, 0.717) is 42.8 Å². The molecule has 1 aromatic heterocycles. The van der Waals surface area contributed by atoms with Crippen molar-refractivity contribution in [1.82, 2.24) is 14.9 Å². The van der Waals surface area contributed by atoms with Crippen molar-refractivity contribution in [3.05, 3.63) is 46.1 Å². The zero-order valence-corrected chi connectivity index (χ0v) is 15.0. The molecule has 0 aliphatic carbocycles. The second-order valence-corrected chi connectivity index (χ2v) is 6.31. The fourth-order valence-corrected chi connectivity index (χ4v) is 3.15. The second-order valence-electron chi connectivity index (χ2n) is 5.52. The highest BCUT2D eigenvalue weighted by Crippen LogP contribution is 2.29. The van der Waals surface area contributed by atoms with Crippen molar-refractivity contribution in [2.24, 2.45) is 0 Å². The quantitative estimate of drug-likeness (QED) is 0.825. The lowest BCUT2D eigenvalue weighted by Crippen LogP contribution is -2.49. The maximum atomic E-state index is 14.0. The van der Waals surface area contributed by atoms with Crippen LogP contribution in [-0.2, 0) is 0 Å². The molecule has 1 aliphatic rings. The van der Waals surface area contributed by atoms with E-state index in [1.165, 1.54) is 18.5 Å². The Balaban J connectivity index is 1.72. The number of carbonyl (C=O) groups is 1. The molecule has 2 aromatic rings. The molecule has 6 nitrogen and oxygen atoms in total. The van der Waals surface area contributed by atoms with Gasteiger partial charge in [-0.05, 0) is 18.2 Å². The molecule has 3 rings (SSSR count). The molecule has 1 aromatic carbocycles. The summed E-state index contributed by atoms with van der Waals surface area (Å²) in [7, 11) is 1.75. The van der Waals surface area contributed by atoms with E-state index in [0.717, 1.165) is 6.07 Å². The number of hydrogen-bond donors (Lipinski definition) is 1. The first-order valence-corrected chi connectivity index (χ1v) is 8.44. The van der Waals surface area contributed by atoms with E-state index in [9.17, 15) is 9.18 Å². The van der Waals surface area contributed by atoms with Gasteiger partial charge in [0, 0.05) is 38.2 Å². The number of piperazine rings is 1. The first-order chi connectivity index (χ1) is 12.0. The summed E-state index contributed by atoms with van der Waals surface area (Å²) in [4.78, 5) is 24.4. The van der Waals surface area contributed by atoms with E-state index in [4.69, 9.17) is 23.2 Å². The van der Waals surface area contributed by atoms with Gasteiger partial charge in [0.05, 0.1) is 5.56 Å². The standard InChI is InChI=1S/C16H16Cl2FN5O/c1-20-13-14(18)21-9-22-15(13)23-4-6-24(7-5-23)16(25)11-3-2-10(17)8-12(11)19/h2-3,8-9,20H,4-7H2,1H3. The third-order valence-corrected chi connectivity index (χ3v) is 4.58. The first kappa shape index (κ1) is 17.7. The van der Waals surface area contributed by atoms with Gasteiger partial charge in [0.2, 0.25) is 0 Å². The van der Waals surface area contributed by atoms with E-state index in [1.807, 2.05) is 4.90 Å². The van der Waals surface area contributed by atoms with Crippen LogP contribution in [0.5, 0.6) is 0 Å². The minimum absolute atomic E-state index is 0.0267. The SMILES string of the molecule is CNc1c(Cl)ncnc1N1CCN(C(=O)c2ccc(Cl)cc2F)CC1. The second kappa shape index (κ2) is 7.41. The summed E-state index contributed by atoms with van der Waals surface area (Å²) in [5.74, 6) is -0.268. The van der Waals surface area contributed by atoms with Crippen LogP contribution in [-0.4, -0.2) is 54.0 Å². The lowest BCUT2D eigenvalue weighted by molar-refractivity contribution is 0.0742. The molecule has 132 valence electrons. The van der Waals surface area contributed by atoms with Gasteiger partial charge in [-0.2, -0.15) is 0 Å². The van der Waals surface area contributed by atoms with Gasteiger partial charge in [-0.1, -0.05) is 23.2 Å². The summed E-state index contributed by atoms with van der Waals surface area (Å²) < 4.78 is 14.0. The zero-order valence-electron chi connectivity index (χ0n) is 13.5. The number of halogens is 3. The number of carbonyl (C=O) groups excluding carboxylic acids is 1. The third-order valence-electron chi connectivity index (χ3n) is 4.06. The molecule has 0 bridgehead atoms. The number of rotatable bonds is 3. The largest absolute Gasteiger partial charge is 0.383 e. The smallest absolute Gasteiger partial charge is 0.256 e. The summed E-state index contributed by atoms with van der Waals surface area (Å²) in [6, 6.07) is 4.07. The number of aromatic nitrogens is 2. The fraction of sp³-hybridized carbons (Fsp3) is 0.312. The van der Waals surface area contributed by atoms with Crippen LogP contribution >= 0.6 is 23.2 Å². The third kappa shape index (κ3) is 3.62. The molecule has 1 N–H and O–H groups in total. The Morgan fingerprint density at radius 2 is 1.92 bits per heavy atom. The Hall–Kier alpha value is -2.12. The maximum Gasteiger partial charge on any atom is 0.256 e. The van der Waals surface area contributed by atoms with E-state index in [2.05, 4.69) is 15.3 Å². The van der Waals surface area contributed by atoms with Crippen molar-refractivity contribution >= 4 is 40.6 Å². The molecular weight excluding hydrogens is 368 g/mol. The molecule has 0 unspecified atom stereocenters. The van der Waals surface area contributed by atoms with Crippen molar-refractivity contribution in [2.75, 3.05) is 43.4 Å². The molecule has 25 heavy (non-hydrogen) atoms. The highest BCUT2D eigenvalue weighted by Gasteiger charge is 2.26. The van der Waals surface area contributed by atoms with E-state index < -0.39 is 5.82 Å². The minimum Gasteiger partial charge on any atom is -0.383 e. The van der Waals surface area contributed by atoms with Crippen LogP contribution in [0.2, 0.25) is 10.2 Å². The molecule has 1 amide bonds. The van der Waals surface area contributed by atoms with Crippen molar-refractivity contribution in [3.63, 3.8) is 0 Å². The van der Waals surface area contributed by atoms with Gasteiger partial charge in [0.15, 0.2) is 11.0 Å². The first-order valence-electron chi connectivity index (χ1n) is 7.68. The summed E-state index contributed by atoms with van der Waals surface area (Å²) in [6.07, 6.45) is 1.40. The molecule has 1 aliphatic heterocycles. The van der Waals surface area contributed by atoms with Crippen LogP contribution in [0.3, 0.4) is 0 Å². The number of hydrogen-bond acceptors (Lipinski definition) is 5. The van der Waals surface area contributed by atoms with Crippen LogP contribution in [0, 0.1) is 5.82 Å². The fourth-order valence-electron chi connectivity index (χ4n) is 2.76. The van der Waals surface area contributed by atoms with Crippen LogP contribution < -0.4 is 10.2 Å². The predicted molar refractivity (Wildman–Crippen MR) is 96.1 cm³/mol. The number of amides is 1. The summed E-state index contributed by atoms with van der Waals surface area (Å²) >= 11 is 11.8. The van der Waals surface area contributed by atoms with Gasteiger partial charge < -0.3 is 15.1 Å². The highest BCUT2D eigenvalue weighted by molar-refractivity contribution is 6.32. The van der Waals surface area contributed by atoms with Gasteiger partial charge in [-0.3, -0.25) is 4.79 Å². The molecule has 0 saturated carbocycles. The Kier molecular flexibility index (Phi) is 5.24. The van der Waals surface area contributed by atoms with E-state index >= 15 is 0 Å².